The molecule has 4 atom stereocenters. The highest BCUT2D eigenvalue weighted by atomic mass is 19.1. The molecule has 2 amide bonds. The lowest BCUT2D eigenvalue weighted by Crippen LogP contribution is -2.49. The number of aliphatic hydroxyl groups excluding tert-OH is 1. The maximum absolute atomic E-state index is 14.4. The van der Waals surface area contributed by atoms with Crippen molar-refractivity contribution in [3.05, 3.63) is 58.3 Å². The van der Waals surface area contributed by atoms with Gasteiger partial charge in [0.05, 0.1) is 23.6 Å². The molecule has 2 aromatic rings. The third-order valence-corrected chi connectivity index (χ3v) is 6.65. The Balaban J connectivity index is 1.86. The fraction of sp³-hybridized carbons (Fsp3) is 0.458. The Morgan fingerprint density at radius 3 is 2.56 bits per heavy atom. The van der Waals surface area contributed by atoms with Crippen LogP contribution in [0.2, 0.25) is 0 Å². The van der Waals surface area contributed by atoms with Gasteiger partial charge in [0.25, 0.3) is 5.56 Å². The molecule has 2 N–H and O–H groups in total. The van der Waals surface area contributed by atoms with Crippen molar-refractivity contribution in [2.75, 3.05) is 13.2 Å². The molecule has 2 aliphatic rings. The van der Waals surface area contributed by atoms with Crippen LogP contribution in [0.15, 0.2) is 41.2 Å². The highest BCUT2D eigenvalue weighted by molar-refractivity contribution is 5.84. The Bertz CT molecular complexity index is 1100. The molecule has 8 heteroatoms. The number of fused-ring (bicyclic) bond motifs is 4. The van der Waals surface area contributed by atoms with Gasteiger partial charge in [-0.25, -0.2) is 4.39 Å². The van der Waals surface area contributed by atoms with Crippen molar-refractivity contribution in [3.8, 4) is 11.1 Å². The molecule has 32 heavy (non-hydrogen) atoms. The van der Waals surface area contributed by atoms with E-state index in [1.54, 1.807) is 46.7 Å². The van der Waals surface area contributed by atoms with E-state index in [-0.39, 0.29) is 48.1 Å². The largest absolute Gasteiger partial charge is 0.396 e. The van der Waals surface area contributed by atoms with Crippen LogP contribution >= 0.6 is 0 Å². The molecule has 170 valence electrons. The smallest absolute Gasteiger partial charge is 0.258 e. The lowest BCUT2D eigenvalue weighted by molar-refractivity contribution is -0.136. The predicted molar refractivity (Wildman–Crippen MR) is 117 cm³/mol. The Labute approximate surface area is 185 Å². The molecule has 0 saturated carbocycles. The van der Waals surface area contributed by atoms with Gasteiger partial charge in [-0.3, -0.25) is 14.4 Å². The van der Waals surface area contributed by atoms with Gasteiger partial charge in [-0.15, -0.1) is 0 Å². The highest BCUT2D eigenvalue weighted by Crippen LogP contribution is 2.48. The number of carbonyl (C=O) groups excluding carboxylic acids is 2. The zero-order valence-corrected chi connectivity index (χ0v) is 18.3. The summed E-state index contributed by atoms with van der Waals surface area (Å²) in [6.07, 6.45) is 1.02. The summed E-state index contributed by atoms with van der Waals surface area (Å²) in [5.41, 5.74) is 0.621. The van der Waals surface area contributed by atoms with Gasteiger partial charge >= 0.3 is 0 Å². The summed E-state index contributed by atoms with van der Waals surface area (Å²) < 4.78 is 15.9. The van der Waals surface area contributed by atoms with E-state index in [1.807, 2.05) is 6.92 Å². The van der Waals surface area contributed by atoms with Crippen molar-refractivity contribution >= 4 is 11.8 Å². The Morgan fingerprint density at radius 1 is 1.16 bits per heavy atom. The van der Waals surface area contributed by atoms with Gasteiger partial charge in [-0.2, -0.15) is 0 Å². The van der Waals surface area contributed by atoms with E-state index < -0.39 is 29.7 Å². The van der Waals surface area contributed by atoms with E-state index in [1.165, 1.54) is 6.07 Å². The van der Waals surface area contributed by atoms with Crippen LogP contribution in [0.3, 0.4) is 0 Å². The molecule has 0 aliphatic carbocycles. The summed E-state index contributed by atoms with van der Waals surface area (Å²) in [7, 11) is 0. The van der Waals surface area contributed by atoms with Gasteiger partial charge in [0, 0.05) is 43.3 Å². The molecule has 2 bridgehead atoms. The zero-order valence-electron chi connectivity index (χ0n) is 18.3. The number of nitrogens with zero attached hydrogens (tertiary/aromatic N) is 2. The molecular formula is C24H28FN3O4. The van der Waals surface area contributed by atoms with Gasteiger partial charge in [0.15, 0.2) is 0 Å². The number of nitrogens with one attached hydrogen (secondary N) is 1. The number of rotatable bonds is 6. The lowest BCUT2D eigenvalue weighted by atomic mass is 9.86. The van der Waals surface area contributed by atoms with Gasteiger partial charge in [-0.1, -0.05) is 32.0 Å². The highest BCUT2D eigenvalue weighted by Gasteiger charge is 2.57. The molecule has 0 spiro atoms. The molecule has 0 unspecified atom stereocenters. The van der Waals surface area contributed by atoms with E-state index in [9.17, 15) is 23.9 Å². The number of aromatic nitrogens is 1. The Morgan fingerprint density at radius 2 is 1.91 bits per heavy atom. The first-order chi connectivity index (χ1) is 15.4. The summed E-state index contributed by atoms with van der Waals surface area (Å²) in [6, 6.07) is 8.22. The lowest BCUT2D eigenvalue weighted by Gasteiger charge is -2.38. The van der Waals surface area contributed by atoms with E-state index in [0.29, 0.717) is 12.2 Å². The van der Waals surface area contributed by atoms with Crippen LogP contribution < -0.4 is 10.9 Å². The topological polar surface area (TPSA) is 91.6 Å². The first-order valence-corrected chi connectivity index (χ1v) is 11.1. The minimum Gasteiger partial charge on any atom is -0.396 e. The molecule has 2 aliphatic heterocycles. The summed E-state index contributed by atoms with van der Waals surface area (Å²) in [6.45, 7) is 4.07. The Hall–Kier alpha value is -3.00. The second-order valence-electron chi connectivity index (χ2n) is 8.40. The van der Waals surface area contributed by atoms with Crippen molar-refractivity contribution in [2.24, 2.45) is 11.8 Å². The maximum atomic E-state index is 14.4. The number of halogens is 1. The fourth-order valence-electron chi connectivity index (χ4n) is 5.18. The second kappa shape index (κ2) is 8.86. The van der Waals surface area contributed by atoms with Crippen molar-refractivity contribution in [1.29, 1.82) is 0 Å². The molecule has 1 aromatic carbocycles. The van der Waals surface area contributed by atoms with Crippen LogP contribution in [0.5, 0.6) is 0 Å². The van der Waals surface area contributed by atoms with Crippen LogP contribution in [0, 0.1) is 17.7 Å². The van der Waals surface area contributed by atoms with E-state index in [0.717, 1.165) is 6.42 Å². The molecule has 1 fully saturated rings. The summed E-state index contributed by atoms with van der Waals surface area (Å²) in [5.74, 6) is -2.01. The minimum atomic E-state index is -0.667. The van der Waals surface area contributed by atoms with Crippen molar-refractivity contribution in [1.82, 2.24) is 14.8 Å². The third-order valence-electron chi connectivity index (χ3n) is 6.65. The molecular weight excluding hydrogens is 413 g/mol. The van der Waals surface area contributed by atoms with Crippen molar-refractivity contribution in [3.63, 3.8) is 0 Å². The first kappa shape index (κ1) is 22.2. The normalized spacial score (nSPS) is 23.7. The number of benzene rings is 1. The summed E-state index contributed by atoms with van der Waals surface area (Å²) in [4.78, 5) is 41.1. The minimum absolute atomic E-state index is 0.124. The second-order valence-corrected chi connectivity index (χ2v) is 8.40. The number of pyridine rings is 1. The third kappa shape index (κ3) is 3.43. The number of hydrogen-bond acceptors (Lipinski definition) is 4. The number of carbonyl (C=O) groups is 2. The zero-order chi connectivity index (χ0) is 23.0. The summed E-state index contributed by atoms with van der Waals surface area (Å²) in [5, 5.41) is 13.1. The van der Waals surface area contributed by atoms with Crippen LogP contribution in [0.4, 0.5) is 4.39 Å². The van der Waals surface area contributed by atoms with Crippen LogP contribution in [-0.2, 0) is 16.1 Å². The molecule has 1 saturated heterocycles. The number of amides is 2. The molecule has 7 nitrogen and oxygen atoms in total. The molecule has 3 heterocycles. The van der Waals surface area contributed by atoms with Crippen LogP contribution in [0.1, 0.15) is 38.4 Å². The average Bonchev–Trinajstić information content (AvgIpc) is 3.04. The first-order valence-electron chi connectivity index (χ1n) is 11.1. The fourth-order valence-corrected chi connectivity index (χ4v) is 5.18. The average molecular weight is 442 g/mol. The van der Waals surface area contributed by atoms with Crippen molar-refractivity contribution < 1.29 is 19.1 Å². The van der Waals surface area contributed by atoms with Crippen LogP contribution in [0.25, 0.3) is 11.1 Å². The van der Waals surface area contributed by atoms with E-state index >= 15 is 0 Å². The SMILES string of the molecule is CCCNC(=O)[C@H]1[C@H](CO)[C@H]2Cn3c(ccc(-c4ccccc4F)c3=O)[C@@H]1N2C(=O)CC. The van der Waals surface area contributed by atoms with Crippen molar-refractivity contribution in [2.45, 2.75) is 45.3 Å². The molecule has 4 rings (SSSR count). The Kier molecular flexibility index (Phi) is 6.15. The molecule has 1 aromatic heterocycles. The summed E-state index contributed by atoms with van der Waals surface area (Å²) >= 11 is 0. The number of hydrogen-bond donors (Lipinski definition) is 2. The monoisotopic (exact) mass is 441 g/mol. The van der Waals surface area contributed by atoms with E-state index in [2.05, 4.69) is 5.32 Å². The number of aliphatic hydroxyl groups is 1. The van der Waals surface area contributed by atoms with Gasteiger partial charge in [-0.05, 0) is 24.6 Å². The predicted octanol–water partition coefficient (Wildman–Crippen LogP) is 2.08. The van der Waals surface area contributed by atoms with Gasteiger partial charge < -0.3 is 19.9 Å². The quantitative estimate of drug-likeness (QED) is 0.718. The standard InChI is InChI=1S/C24H28FN3O4/c1-3-11-26-23(31)21-16(13-29)19-12-27-18(22(21)28(19)20(30)4-2)10-9-15(24(27)32)14-7-5-6-8-17(14)25/h5-10,16,19,21-22,29H,3-4,11-13H2,1-2H3,(H,26,31)/t16-,19-,21+,22+/m1/s1. The van der Waals surface area contributed by atoms with Gasteiger partial charge in [0.2, 0.25) is 11.8 Å². The molecule has 0 radical (unpaired) electrons. The maximum Gasteiger partial charge on any atom is 0.258 e. The van der Waals surface area contributed by atoms with Crippen LogP contribution in [-0.4, -0.2) is 45.6 Å². The van der Waals surface area contributed by atoms with E-state index in [4.69, 9.17) is 0 Å². The van der Waals surface area contributed by atoms with Gasteiger partial charge in [0.1, 0.15) is 5.82 Å².